The maximum absolute atomic E-state index is 6.25. The van der Waals surface area contributed by atoms with Crippen LogP contribution < -0.4 is 0 Å². The van der Waals surface area contributed by atoms with Crippen LogP contribution in [0.5, 0.6) is 0 Å². The first-order valence-corrected chi connectivity index (χ1v) is 8.66. The molecule has 128 valence electrons. The van der Waals surface area contributed by atoms with E-state index in [4.69, 9.17) is 14.2 Å². The Morgan fingerprint density at radius 2 is 1.79 bits per heavy atom. The van der Waals surface area contributed by atoms with Crippen LogP contribution >= 0.6 is 0 Å². The lowest BCUT2D eigenvalue weighted by Gasteiger charge is -2.36. The zero-order valence-corrected chi connectivity index (χ0v) is 14.5. The normalized spacial score (nSPS) is 22.2. The van der Waals surface area contributed by atoms with Gasteiger partial charge in [0, 0.05) is 19.1 Å². The lowest BCUT2D eigenvalue weighted by molar-refractivity contribution is -0.312. The van der Waals surface area contributed by atoms with E-state index < -0.39 is 12.1 Å². The van der Waals surface area contributed by atoms with E-state index in [1.807, 2.05) is 19.1 Å². The van der Waals surface area contributed by atoms with Gasteiger partial charge in [-0.15, -0.1) is 0 Å². The Balaban J connectivity index is 1.81. The first-order chi connectivity index (χ1) is 11.7. The molecule has 2 aromatic carbocycles. The third kappa shape index (κ3) is 4.23. The fourth-order valence-corrected chi connectivity index (χ4v) is 3.21. The molecule has 0 radical (unpaired) electrons. The second-order valence-electron chi connectivity index (χ2n) is 6.49. The quantitative estimate of drug-likeness (QED) is 0.710. The number of hydrogen-bond acceptors (Lipinski definition) is 3. The molecule has 2 atom stereocenters. The van der Waals surface area contributed by atoms with Crippen molar-refractivity contribution < 1.29 is 14.2 Å². The van der Waals surface area contributed by atoms with E-state index in [0.717, 1.165) is 37.9 Å². The van der Waals surface area contributed by atoms with Gasteiger partial charge in [-0.1, -0.05) is 54.6 Å². The summed E-state index contributed by atoms with van der Waals surface area (Å²) in [5.41, 5.74) is 3.56. The van der Waals surface area contributed by atoms with Crippen LogP contribution in [-0.2, 0) is 20.6 Å². The Bertz CT molecular complexity index is 633. The van der Waals surface area contributed by atoms with Gasteiger partial charge in [0.2, 0.25) is 0 Å². The highest BCUT2D eigenvalue weighted by Crippen LogP contribution is 2.34. The van der Waals surface area contributed by atoms with Crippen molar-refractivity contribution in [2.45, 2.75) is 44.7 Å². The van der Waals surface area contributed by atoms with Gasteiger partial charge in [-0.25, -0.2) is 0 Å². The molecule has 2 aromatic rings. The summed E-state index contributed by atoms with van der Waals surface area (Å²) in [7, 11) is 1.69. The molecule has 0 bridgehead atoms. The molecular weight excluding hydrogens is 300 g/mol. The number of ether oxygens (including phenoxy) is 3. The maximum Gasteiger partial charge on any atom is 0.187 e. The molecular formula is C21H26O3. The second-order valence-corrected chi connectivity index (χ2v) is 6.49. The molecule has 3 nitrogen and oxygen atoms in total. The Morgan fingerprint density at radius 3 is 2.50 bits per heavy atom. The number of benzene rings is 2. The Hall–Kier alpha value is -1.68. The van der Waals surface area contributed by atoms with E-state index in [0.29, 0.717) is 0 Å². The summed E-state index contributed by atoms with van der Waals surface area (Å²) in [6, 6.07) is 18.8. The third-order valence-electron chi connectivity index (χ3n) is 4.55. The van der Waals surface area contributed by atoms with E-state index >= 15 is 0 Å². The Morgan fingerprint density at radius 1 is 1.04 bits per heavy atom. The molecule has 0 spiro atoms. The van der Waals surface area contributed by atoms with Gasteiger partial charge in [0.1, 0.15) is 0 Å². The number of methoxy groups -OCH3 is 1. The molecule has 0 aliphatic carbocycles. The van der Waals surface area contributed by atoms with E-state index in [-0.39, 0.29) is 0 Å². The molecule has 3 heteroatoms. The molecule has 0 N–H and O–H groups in total. The van der Waals surface area contributed by atoms with Gasteiger partial charge in [0.05, 0.1) is 6.61 Å². The monoisotopic (exact) mass is 326 g/mol. The Kier molecular flexibility index (Phi) is 5.67. The molecule has 0 aromatic heterocycles. The second kappa shape index (κ2) is 7.93. The van der Waals surface area contributed by atoms with Crippen molar-refractivity contribution in [3.63, 3.8) is 0 Å². The van der Waals surface area contributed by atoms with Crippen LogP contribution in [-0.4, -0.2) is 19.5 Å². The molecule has 3 rings (SSSR count). The summed E-state index contributed by atoms with van der Waals surface area (Å²) in [6.45, 7) is 2.76. The highest BCUT2D eigenvalue weighted by molar-refractivity contribution is 5.33. The minimum absolute atomic E-state index is 0.423. The summed E-state index contributed by atoms with van der Waals surface area (Å²) < 4.78 is 17.8. The van der Waals surface area contributed by atoms with Crippen LogP contribution in [0.1, 0.15) is 49.2 Å². The lowest BCUT2D eigenvalue weighted by atomic mass is 9.99. The zero-order chi connectivity index (χ0) is 16.8. The fourth-order valence-electron chi connectivity index (χ4n) is 3.21. The van der Waals surface area contributed by atoms with Crippen molar-refractivity contribution in [3.05, 3.63) is 71.3 Å². The van der Waals surface area contributed by atoms with Gasteiger partial charge in [-0.05, 0) is 37.3 Å². The topological polar surface area (TPSA) is 27.7 Å². The van der Waals surface area contributed by atoms with E-state index in [1.165, 1.54) is 11.1 Å². The molecule has 1 heterocycles. The molecule has 2 unspecified atom stereocenters. The van der Waals surface area contributed by atoms with Gasteiger partial charge in [0.25, 0.3) is 0 Å². The molecule has 0 amide bonds. The zero-order valence-electron chi connectivity index (χ0n) is 14.5. The van der Waals surface area contributed by atoms with Crippen molar-refractivity contribution in [2.24, 2.45) is 0 Å². The van der Waals surface area contributed by atoms with Crippen molar-refractivity contribution in [3.8, 4) is 0 Å². The average molecular weight is 326 g/mol. The third-order valence-corrected chi connectivity index (χ3v) is 4.55. The fraction of sp³-hybridized carbons (Fsp3) is 0.429. The van der Waals surface area contributed by atoms with Gasteiger partial charge in [-0.3, -0.25) is 0 Å². The molecule has 0 saturated carbocycles. The van der Waals surface area contributed by atoms with Crippen molar-refractivity contribution in [1.82, 2.24) is 0 Å². The summed E-state index contributed by atoms with van der Waals surface area (Å²) >= 11 is 0. The first-order valence-electron chi connectivity index (χ1n) is 8.66. The highest BCUT2D eigenvalue weighted by atomic mass is 16.8. The van der Waals surface area contributed by atoms with Crippen LogP contribution in [0.2, 0.25) is 0 Å². The highest BCUT2D eigenvalue weighted by Gasteiger charge is 2.33. The summed E-state index contributed by atoms with van der Waals surface area (Å²) in [5.74, 6) is -0.571. The van der Waals surface area contributed by atoms with Crippen molar-refractivity contribution in [1.29, 1.82) is 0 Å². The lowest BCUT2D eigenvalue weighted by Crippen LogP contribution is -2.37. The van der Waals surface area contributed by atoms with Crippen LogP contribution in [0.4, 0.5) is 0 Å². The minimum Gasteiger partial charge on any atom is -0.352 e. The van der Waals surface area contributed by atoms with Crippen LogP contribution in [0.25, 0.3) is 0 Å². The van der Waals surface area contributed by atoms with Crippen molar-refractivity contribution >= 4 is 0 Å². The summed E-state index contributed by atoms with van der Waals surface area (Å²) in [4.78, 5) is 0. The number of rotatable bonds is 6. The van der Waals surface area contributed by atoms with Gasteiger partial charge >= 0.3 is 0 Å². The van der Waals surface area contributed by atoms with Crippen molar-refractivity contribution in [2.75, 3.05) is 13.7 Å². The van der Waals surface area contributed by atoms with Crippen LogP contribution in [0.15, 0.2) is 54.6 Å². The standard InChI is InChI=1S/C21H26O3/c1-21(14-8-9-15-23-21)24-20(22-2)19-13-7-6-12-18(19)16-17-10-4-3-5-11-17/h3-7,10-13,20H,8-9,14-16H2,1-2H3. The van der Waals surface area contributed by atoms with Crippen LogP contribution in [0.3, 0.4) is 0 Å². The van der Waals surface area contributed by atoms with Gasteiger partial charge in [0.15, 0.2) is 12.1 Å². The first kappa shape index (κ1) is 17.2. The van der Waals surface area contributed by atoms with E-state index in [1.54, 1.807) is 7.11 Å². The molecule has 1 aliphatic heterocycles. The molecule has 24 heavy (non-hydrogen) atoms. The van der Waals surface area contributed by atoms with Gasteiger partial charge in [-0.2, -0.15) is 0 Å². The predicted octanol–water partition coefficient (Wildman–Crippen LogP) is 4.86. The van der Waals surface area contributed by atoms with E-state index in [9.17, 15) is 0 Å². The minimum atomic E-state index is -0.571. The SMILES string of the molecule is COC(OC1(C)CCCCO1)c1ccccc1Cc1ccccc1. The predicted molar refractivity (Wildman–Crippen MR) is 94.7 cm³/mol. The summed E-state index contributed by atoms with van der Waals surface area (Å²) in [6.07, 6.45) is 3.55. The van der Waals surface area contributed by atoms with E-state index in [2.05, 4.69) is 42.5 Å². The molecule has 1 saturated heterocycles. The Labute approximate surface area is 144 Å². The van der Waals surface area contributed by atoms with Crippen LogP contribution in [0, 0.1) is 0 Å². The van der Waals surface area contributed by atoms with Gasteiger partial charge < -0.3 is 14.2 Å². The maximum atomic E-state index is 6.25. The largest absolute Gasteiger partial charge is 0.352 e. The number of hydrogen-bond donors (Lipinski definition) is 0. The molecule has 1 fully saturated rings. The summed E-state index contributed by atoms with van der Waals surface area (Å²) in [5, 5.41) is 0. The smallest absolute Gasteiger partial charge is 0.187 e. The average Bonchev–Trinajstić information content (AvgIpc) is 2.62. The molecule has 1 aliphatic rings.